The van der Waals surface area contributed by atoms with Crippen LogP contribution in [0.25, 0.3) is 0 Å². The van der Waals surface area contributed by atoms with Crippen LogP contribution >= 0.6 is 0 Å². The summed E-state index contributed by atoms with van der Waals surface area (Å²) in [5.74, 6) is 1.13. The third-order valence-corrected chi connectivity index (χ3v) is 4.15. The van der Waals surface area contributed by atoms with E-state index in [0.717, 1.165) is 25.2 Å². The third-order valence-electron chi connectivity index (χ3n) is 4.15. The van der Waals surface area contributed by atoms with Crippen molar-refractivity contribution in [3.63, 3.8) is 0 Å². The Labute approximate surface area is 93.3 Å². The van der Waals surface area contributed by atoms with Crippen LogP contribution in [0.3, 0.4) is 0 Å². The van der Waals surface area contributed by atoms with Gasteiger partial charge in [0.2, 0.25) is 0 Å². The van der Waals surface area contributed by atoms with Crippen molar-refractivity contribution in [1.29, 1.82) is 5.26 Å². The lowest BCUT2D eigenvalue weighted by atomic mass is 9.71. The van der Waals surface area contributed by atoms with Crippen molar-refractivity contribution in [2.24, 2.45) is 17.3 Å². The van der Waals surface area contributed by atoms with Gasteiger partial charge in [0, 0.05) is 0 Å². The standard InChI is InChI=1S/C13H23NO/c1-4-13(3,9-14)12(15)11-7-5-10(2)6-8-11/h10-12,15H,4-8H2,1-3H3. The van der Waals surface area contributed by atoms with Gasteiger partial charge in [-0.3, -0.25) is 0 Å². The zero-order valence-corrected chi connectivity index (χ0v) is 10.2. The molecule has 0 aliphatic heterocycles. The molecule has 0 heterocycles. The molecule has 0 spiro atoms. The van der Waals surface area contributed by atoms with Crippen LogP contribution in [0.15, 0.2) is 0 Å². The smallest absolute Gasteiger partial charge is 0.0804 e. The SMILES string of the molecule is CCC(C)(C#N)C(O)C1CCC(C)CC1. The van der Waals surface area contributed by atoms with Crippen molar-refractivity contribution in [3.05, 3.63) is 0 Å². The lowest BCUT2D eigenvalue weighted by Crippen LogP contribution is -2.38. The second kappa shape index (κ2) is 4.99. The number of aliphatic hydroxyl groups excluding tert-OH is 1. The fourth-order valence-electron chi connectivity index (χ4n) is 2.48. The largest absolute Gasteiger partial charge is 0.391 e. The van der Waals surface area contributed by atoms with Crippen molar-refractivity contribution < 1.29 is 5.11 Å². The average Bonchev–Trinajstić information content (AvgIpc) is 2.28. The predicted octanol–water partition coefficient (Wildman–Crippen LogP) is 3.11. The molecule has 0 amide bonds. The molecule has 0 aromatic rings. The molecule has 2 nitrogen and oxygen atoms in total. The van der Waals surface area contributed by atoms with E-state index >= 15 is 0 Å². The molecule has 1 aliphatic carbocycles. The summed E-state index contributed by atoms with van der Waals surface area (Å²) < 4.78 is 0. The molecule has 1 fully saturated rings. The van der Waals surface area contributed by atoms with Crippen LogP contribution in [-0.2, 0) is 0 Å². The van der Waals surface area contributed by atoms with Gasteiger partial charge >= 0.3 is 0 Å². The fraction of sp³-hybridized carbons (Fsp3) is 0.923. The summed E-state index contributed by atoms with van der Waals surface area (Å²) in [5.41, 5.74) is -0.550. The first-order chi connectivity index (χ1) is 7.03. The van der Waals surface area contributed by atoms with Gasteiger partial charge in [-0.1, -0.05) is 26.7 Å². The summed E-state index contributed by atoms with van der Waals surface area (Å²) in [6.45, 7) is 6.14. The molecule has 1 N–H and O–H groups in total. The molecule has 1 aliphatic rings. The summed E-state index contributed by atoms with van der Waals surface area (Å²) in [6.07, 6.45) is 4.86. The van der Waals surface area contributed by atoms with Crippen LogP contribution in [0.5, 0.6) is 0 Å². The maximum Gasteiger partial charge on any atom is 0.0804 e. The minimum absolute atomic E-state index is 0.339. The van der Waals surface area contributed by atoms with Gasteiger partial charge in [0.1, 0.15) is 0 Å². The number of hydrogen-bond acceptors (Lipinski definition) is 2. The summed E-state index contributed by atoms with van der Waals surface area (Å²) in [4.78, 5) is 0. The first-order valence-electron chi connectivity index (χ1n) is 6.12. The van der Waals surface area contributed by atoms with Gasteiger partial charge in [-0.2, -0.15) is 5.26 Å². The predicted molar refractivity (Wildman–Crippen MR) is 61.1 cm³/mol. The van der Waals surface area contributed by atoms with E-state index in [4.69, 9.17) is 5.26 Å². The molecule has 0 aromatic heterocycles. The number of aliphatic hydroxyl groups is 1. The number of nitrogens with zero attached hydrogens (tertiary/aromatic N) is 1. The molecule has 0 radical (unpaired) electrons. The number of nitriles is 1. The van der Waals surface area contributed by atoms with Crippen LogP contribution < -0.4 is 0 Å². The van der Waals surface area contributed by atoms with Crippen LogP contribution in [0.2, 0.25) is 0 Å². The van der Waals surface area contributed by atoms with Gasteiger partial charge in [-0.25, -0.2) is 0 Å². The van der Waals surface area contributed by atoms with E-state index in [1.807, 2.05) is 13.8 Å². The maximum absolute atomic E-state index is 10.3. The van der Waals surface area contributed by atoms with Gasteiger partial charge in [-0.05, 0) is 38.0 Å². The third kappa shape index (κ3) is 2.72. The zero-order valence-electron chi connectivity index (χ0n) is 10.2. The second-order valence-electron chi connectivity index (χ2n) is 5.35. The Bertz CT molecular complexity index is 237. The van der Waals surface area contributed by atoms with Gasteiger partial charge in [0.05, 0.1) is 17.6 Å². The topological polar surface area (TPSA) is 44.0 Å². The van der Waals surface area contributed by atoms with Crippen molar-refractivity contribution in [2.45, 2.75) is 59.0 Å². The maximum atomic E-state index is 10.3. The van der Waals surface area contributed by atoms with Gasteiger partial charge in [0.15, 0.2) is 0 Å². The molecule has 15 heavy (non-hydrogen) atoms. The molecule has 2 unspecified atom stereocenters. The zero-order chi connectivity index (χ0) is 11.5. The lowest BCUT2D eigenvalue weighted by molar-refractivity contribution is 0.000868. The summed E-state index contributed by atoms with van der Waals surface area (Å²) in [7, 11) is 0. The molecule has 2 heteroatoms. The molecule has 0 bridgehead atoms. The van der Waals surface area contributed by atoms with E-state index in [1.165, 1.54) is 12.8 Å². The van der Waals surface area contributed by atoms with Crippen molar-refractivity contribution in [2.75, 3.05) is 0 Å². The van der Waals surface area contributed by atoms with E-state index in [1.54, 1.807) is 0 Å². The first kappa shape index (κ1) is 12.5. The molecule has 86 valence electrons. The van der Waals surface area contributed by atoms with Crippen molar-refractivity contribution >= 4 is 0 Å². The van der Waals surface area contributed by atoms with E-state index in [9.17, 15) is 5.11 Å². The lowest BCUT2D eigenvalue weighted by Gasteiger charge is -2.36. The van der Waals surface area contributed by atoms with E-state index in [2.05, 4.69) is 13.0 Å². The number of hydrogen-bond donors (Lipinski definition) is 1. The van der Waals surface area contributed by atoms with Gasteiger partial charge in [-0.15, -0.1) is 0 Å². The summed E-state index contributed by atoms with van der Waals surface area (Å²) in [6, 6.07) is 2.29. The fourth-order valence-corrected chi connectivity index (χ4v) is 2.48. The molecule has 1 rings (SSSR count). The Balaban J connectivity index is 2.60. The molecule has 0 saturated heterocycles. The molecular formula is C13H23NO. The highest BCUT2D eigenvalue weighted by Crippen LogP contribution is 2.38. The Morgan fingerprint density at radius 3 is 2.33 bits per heavy atom. The van der Waals surface area contributed by atoms with Gasteiger partial charge in [0.25, 0.3) is 0 Å². The highest BCUT2D eigenvalue weighted by Gasteiger charge is 2.37. The van der Waals surface area contributed by atoms with Crippen LogP contribution in [-0.4, -0.2) is 11.2 Å². The van der Waals surface area contributed by atoms with Crippen LogP contribution in [0.1, 0.15) is 52.9 Å². The summed E-state index contributed by atoms with van der Waals surface area (Å²) in [5, 5.41) is 19.4. The van der Waals surface area contributed by atoms with Gasteiger partial charge < -0.3 is 5.11 Å². The average molecular weight is 209 g/mol. The van der Waals surface area contributed by atoms with Crippen molar-refractivity contribution in [1.82, 2.24) is 0 Å². The normalized spacial score (nSPS) is 32.7. The van der Waals surface area contributed by atoms with E-state index in [-0.39, 0.29) is 0 Å². The molecule has 1 saturated carbocycles. The monoisotopic (exact) mass is 209 g/mol. The van der Waals surface area contributed by atoms with Crippen LogP contribution in [0, 0.1) is 28.6 Å². The van der Waals surface area contributed by atoms with Crippen molar-refractivity contribution in [3.8, 4) is 6.07 Å². The highest BCUT2D eigenvalue weighted by atomic mass is 16.3. The molecular weight excluding hydrogens is 186 g/mol. The molecule has 2 atom stereocenters. The Morgan fingerprint density at radius 2 is 1.93 bits per heavy atom. The minimum atomic E-state index is -0.550. The summed E-state index contributed by atoms with van der Waals surface area (Å²) >= 11 is 0. The second-order valence-corrected chi connectivity index (χ2v) is 5.35. The molecule has 0 aromatic carbocycles. The van der Waals surface area contributed by atoms with E-state index in [0.29, 0.717) is 5.92 Å². The van der Waals surface area contributed by atoms with E-state index < -0.39 is 11.5 Å². The number of rotatable bonds is 3. The Morgan fingerprint density at radius 1 is 1.40 bits per heavy atom. The Hall–Kier alpha value is -0.550. The highest BCUT2D eigenvalue weighted by molar-refractivity contribution is 5.02. The van der Waals surface area contributed by atoms with Crippen LogP contribution in [0.4, 0.5) is 0 Å². The quantitative estimate of drug-likeness (QED) is 0.776. The Kier molecular flexibility index (Phi) is 4.16. The minimum Gasteiger partial charge on any atom is -0.391 e. The first-order valence-corrected chi connectivity index (χ1v) is 6.12.